The van der Waals surface area contributed by atoms with Crippen LogP contribution < -0.4 is 10.6 Å². The van der Waals surface area contributed by atoms with Gasteiger partial charge in [0.1, 0.15) is 0 Å². The van der Waals surface area contributed by atoms with E-state index < -0.39 is 23.8 Å². The monoisotopic (exact) mass is 325 g/mol. The summed E-state index contributed by atoms with van der Waals surface area (Å²) in [6, 6.07) is 14.1. The predicted molar refractivity (Wildman–Crippen MR) is 93.4 cm³/mol. The quantitative estimate of drug-likeness (QED) is 0.730. The number of carbonyl (C=O) groups excluding carboxylic acids is 2. The van der Waals surface area contributed by atoms with Crippen molar-refractivity contribution in [2.45, 2.75) is 31.8 Å². The van der Waals surface area contributed by atoms with E-state index in [0.29, 0.717) is 12.1 Å². The molecule has 1 aromatic carbocycles. The summed E-state index contributed by atoms with van der Waals surface area (Å²) in [7, 11) is 1.69. The van der Waals surface area contributed by atoms with Crippen LogP contribution in [0.25, 0.3) is 0 Å². The average Bonchev–Trinajstić information content (AvgIpc) is 2.64. The number of carbonyl (C=O) groups is 2. The first-order valence-corrected chi connectivity index (χ1v) is 8.15. The van der Waals surface area contributed by atoms with E-state index in [9.17, 15) is 9.59 Å². The Kier molecular flexibility index (Phi) is 6.63. The van der Waals surface area contributed by atoms with Gasteiger partial charge in [-0.05, 0) is 31.2 Å². The number of benzene rings is 1. The van der Waals surface area contributed by atoms with Gasteiger partial charge in [0.2, 0.25) is 5.78 Å². The van der Waals surface area contributed by atoms with E-state index in [1.54, 1.807) is 13.2 Å². The zero-order chi connectivity index (χ0) is 17.4. The molecule has 0 aliphatic rings. The van der Waals surface area contributed by atoms with Gasteiger partial charge < -0.3 is 10.6 Å². The molecule has 5 nitrogen and oxygen atoms in total. The second-order valence-corrected chi connectivity index (χ2v) is 5.57. The number of pyridine rings is 1. The Morgan fingerprint density at radius 1 is 1.08 bits per heavy atom. The van der Waals surface area contributed by atoms with E-state index in [1.807, 2.05) is 55.5 Å². The number of ketones is 1. The minimum absolute atomic E-state index is 0.448. The lowest BCUT2D eigenvalue weighted by atomic mass is 10.0. The van der Waals surface area contributed by atoms with Gasteiger partial charge in [0.25, 0.3) is 5.91 Å². The lowest BCUT2D eigenvalue weighted by Gasteiger charge is -2.20. The molecule has 2 rings (SSSR count). The third-order valence-corrected chi connectivity index (χ3v) is 3.86. The molecule has 0 fully saturated rings. The molecule has 0 saturated carbocycles. The van der Waals surface area contributed by atoms with Gasteiger partial charge in [-0.25, -0.2) is 0 Å². The van der Waals surface area contributed by atoms with Gasteiger partial charge in [0.15, 0.2) is 0 Å². The van der Waals surface area contributed by atoms with Crippen LogP contribution >= 0.6 is 0 Å². The average molecular weight is 325 g/mol. The molecule has 0 radical (unpaired) electrons. The number of likely N-dealkylation sites (N-methyl/N-ethyl adjacent to an activating group) is 1. The Morgan fingerprint density at radius 2 is 1.79 bits per heavy atom. The van der Waals surface area contributed by atoms with Crippen LogP contribution in [0.2, 0.25) is 0 Å². The highest BCUT2D eigenvalue weighted by Gasteiger charge is 2.26. The van der Waals surface area contributed by atoms with Crippen molar-refractivity contribution >= 4 is 11.7 Å². The summed E-state index contributed by atoms with van der Waals surface area (Å²) in [5.74, 6) is -1.04. The number of amides is 1. The topological polar surface area (TPSA) is 71.1 Å². The lowest BCUT2D eigenvalue weighted by Crippen LogP contribution is -2.45. The minimum Gasteiger partial charge on any atom is -0.337 e. The predicted octanol–water partition coefficient (Wildman–Crippen LogP) is 2.24. The molecular weight excluding hydrogens is 302 g/mol. The molecule has 1 aromatic heterocycles. The number of nitrogens with zero attached hydrogens (tertiary/aromatic N) is 1. The smallest absolute Gasteiger partial charge is 0.289 e. The molecule has 1 amide bonds. The van der Waals surface area contributed by atoms with Crippen LogP contribution in [0.5, 0.6) is 0 Å². The first-order valence-electron chi connectivity index (χ1n) is 8.15. The van der Waals surface area contributed by atoms with Crippen molar-refractivity contribution in [3.8, 4) is 0 Å². The first-order chi connectivity index (χ1) is 11.7. The fourth-order valence-corrected chi connectivity index (χ4v) is 2.58. The van der Waals surface area contributed by atoms with Crippen molar-refractivity contribution in [1.82, 2.24) is 15.6 Å². The standard InChI is InChI=1S/C19H23N3O2/c1-3-9-16(20-2)18(23)19(24)22-17(14-10-5-4-6-11-14)15-12-7-8-13-21-15/h4-8,10-13,16-17,20H,3,9H2,1-2H3,(H,22,24). The molecular formula is C19H23N3O2. The number of hydrogen-bond acceptors (Lipinski definition) is 4. The molecule has 0 aliphatic heterocycles. The van der Waals surface area contributed by atoms with Gasteiger partial charge in [-0.1, -0.05) is 49.7 Å². The van der Waals surface area contributed by atoms with Crippen LogP contribution in [0, 0.1) is 0 Å². The highest BCUT2D eigenvalue weighted by Crippen LogP contribution is 2.20. The molecule has 2 N–H and O–H groups in total. The highest BCUT2D eigenvalue weighted by atomic mass is 16.2. The number of Topliss-reactive ketones (excluding diaryl/α,β-unsaturated/α-hetero) is 1. The number of nitrogens with one attached hydrogen (secondary N) is 2. The lowest BCUT2D eigenvalue weighted by molar-refractivity contribution is -0.139. The zero-order valence-electron chi connectivity index (χ0n) is 14.0. The molecule has 0 saturated heterocycles. The van der Waals surface area contributed by atoms with E-state index in [0.717, 1.165) is 12.0 Å². The van der Waals surface area contributed by atoms with Gasteiger partial charge in [0.05, 0.1) is 17.8 Å². The van der Waals surface area contributed by atoms with Crippen LogP contribution in [0.1, 0.15) is 37.1 Å². The zero-order valence-corrected chi connectivity index (χ0v) is 14.0. The Labute approximate surface area is 142 Å². The molecule has 2 atom stereocenters. The molecule has 0 spiro atoms. The summed E-state index contributed by atoms with van der Waals surface area (Å²) in [5.41, 5.74) is 1.58. The Hall–Kier alpha value is -2.53. The molecule has 126 valence electrons. The molecule has 5 heteroatoms. The maximum absolute atomic E-state index is 12.4. The molecule has 2 unspecified atom stereocenters. The van der Waals surface area contributed by atoms with E-state index in [1.165, 1.54) is 0 Å². The van der Waals surface area contributed by atoms with Gasteiger partial charge in [-0.15, -0.1) is 0 Å². The summed E-state index contributed by atoms with van der Waals surface area (Å²) in [4.78, 5) is 29.1. The summed E-state index contributed by atoms with van der Waals surface area (Å²) < 4.78 is 0. The van der Waals surface area contributed by atoms with Crippen LogP contribution in [0.4, 0.5) is 0 Å². The van der Waals surface area contributed by atoms with Crippen LogP contribution in [0.15, 0.2) is 54.7 Å². The maximum Gasteiger partial charge on any atom is 0.289 e. The molecule has 0 aliphatic carbocycles. The van der Waals surface area contributed by atoms with E-state index in [-0.39, 0.29) is 0 Å². The molecule has 0 bridgehead atoms. The minimum atomic E-state index is -0.595. The number of rotatable bonds is 8. The van der Waals surface area contributed by atoms with Crippen LogP contribution in [-0.4, -0.2) is 29.8 Å². The van der Waals surface area contributed by atoms with Gasteiger partial charge in [0, 0.05) is 6.20 Å². The van der Waals surface area contributed by atoms with Crippen molar-refractivity contribution in [2.75, 3.05) is 7.05 Å². The largest absolute Gasteiger partial charge is 0.337 e. The van der Waals surface area contributed by atoms with Gasteiger partial charge >= 0.3 is 0 Å². The Morgan fingerprint density at radius 3 is 2.38 bits per heavy atom. The second kappa shape index (κ2) is 8.93. The van der Waals surface area contributed by atoms with Crippen molar-refractivity contribution in [2.24, 2.45) is 0 Å². The fraction of sp³-hybridized carbons (Fsp3) is 0.316. The van der Waals surface area contributed by atoms with Crippen molar-refractivity contribution in [3.05, 3.63) is 66.0 Å². The van der Waals surface area contributed by atoms with E-state index >= 15 is 0 Å². The third-order valence-electron chi connectivity index (χ3n) is 3.86. The summed E-state index contributed by atoms with van der Waals surface area (Å²) in [6.45, 7) is 1.98. The SMILES string of the molecule is CCCC(NC)C(=O)C(=O)NC(c1ccccc1)c1ccccn1. The van der Waals surface area contributed by atoms with Crippen molar-refractivity contribution in [3.63, 3.8) is 0 Å². The van der Waals surface area contributed by atoms with Gasteiger partial charge in [-0.2, -0.15) is 0 Å². The van der Waals surface area contributed by atoms with Crippen molar-refractivity contribution < 1.29 is 9.59 Å². The normalized spacial score (nSPS) is 13.1. The molecule has 1 heterocycles. The maximum atomic E-state index is 12.4. The molecule has 2 aromatic rings. The van der Waals surface area contributed by atoms with Crippen molar-refractivity contribution in [1.29, 1.82) is 0 Å². The van der Waals surface area contributed by atoms with Crippen LogP contribution in [-0.2, 0) is 9.59 Å². The first kappa shape index (κ1) is 17.8. The second-order valence-electron chi connectivity index (χ2n) is 5.57. The Bertz CT molecular complexity index is 619. The van der Waals surface area contributed by atoms with E-state index in [2.05, 4.69) is 15.6 Å². The Balaban J connectivity index is 2.23. The van der Waals surface area contributed by atoms with E-state index in [4.69, 9.17) is 0 Å². The highest BCUT2D eigenvalue weighted by molar-refractivity contribution is 6.38. The summed E-state index contributed by atoms with van der Waals surface area (Å²) >= 11 is 0. The summed E-state index contributed by atoms with van der Waals surface area (Å²) in [5, 5.41) is 5.74. The number of hydrogen-bond donors (Lipinski definition) is 2. The van der Waals surface area contributed by atoms with Crippen LogP contribution in [0.3, 0.4) is 0 Å². The fourth-order valence-electron chi connectivity index (χ4n) is 2.58. The third kappa shape index (κ3) is 4.49. The number of aromatic nitrogens is 1. The summed E-state index contributed by atoms with van der Waals surface area (Å²) in [6.07, 6.45) is 3.13. The molecule has 24 heavy (non-hydrogen) atoms. The van der Waals surface area contributed by atoms with Gasteiger partial charge in [-0.3, -0.25) is 14.6 Å².